The largest absolute Gasteiger partial charge is 0.411 e. The summed E-state index contributed by atoms with van der Waals surface area (Å²) in [7, 11) is 0. The Morgan fingerprint density at radius 1 is 1.24 bits per heavy atom. The fourth-order valence-corrected chi connectivity index (χ4v) is 2.00. The van der Waals surface area contributed by atoms with E-state index in [0.29, 0.717) is 19.0 Å². The molecule has 0 radical (unpaired) electrons. The predicted octanol–water partition coefficient (Wildman–Crippen LogP) is 3.20. The molecule has 2 nitrogen and oxygen atoms in total. The van der Waals surface area contributed by atoms with Crippen LogP contribution in [-0.2, 0) is 4.74 Å². The summed E-state index contributed by atoms with van der Waals surface area (Å²) < 4.78 is 39.6. The zero-order valence-electron chi connectivity index (χ0n) is 10.3. The lowest BCUT2D eigenvalue weighted by atomic mass is 9.99. The minimum atomic E-state index is -4.25. The molecule has 1 unspecified atom stereocenters. The van der Waals surface area contributed by atoms with E-state index in [9.17, 15) is 13.2 Å². The van der Waals surface area contributed by atoms with Crippen LogP contribution in [0.2, 0.25) is 0 Å². The molecular weight excluding hydrogens is 255 g/mol. The first kappa shape index (κ1) is 17.0. The van der Waals surface area contributed by atoms with E-state index in [1.807, 2.05) is 0 Å². The van der Waals surface area contributed by atoms with Gasteiger partial charge < -0.3 is 10.1 Å². The average Bonchev–Trinajstić information content (AvgIpc) is 2.23. The highest BCUT2D eigenvalue weighted by Gasteiger charge is 2.27. The summed E-state index contributed by atoms with van der Waals surface area (Å²) in [4.78, 5) is 0. The van der Waals surface area contributed by atoms with Gasteiger partial charge in [0.15, 0.2) is 0 Å². The van der Waals surface area contributed by atoms with Crippen LogP contribution in [0.1, 0.15) is 26.7 Å². The van der Waals surface area contributed by atoms with Crippen LogP contribution in [0.25, 0.3) is 0 Å². The van der Waals surface area contributed by atoms with Gasteiger partial charge in [-0.3, -0.25) is 0 Å². The summed E-state index contributed by atoms with van der Waals surface area (Å²) in [5.74, 6) is 0.445. The molecule has 0 aliphatic rings. The van der Waals surface area contributed by atoms with Gasteiger partial charge >= 0.3 is 6.18 Å². The molecule has 0 aromatic carbocycles. The van der Waals surface area contributed by atoms with Crippen LogP contribution in [0.15, 0.2) is 0 Å². The lowest BCUT2D eigenvalue weighted by Gasteiger charge is -2.19. The van der Waals surface area contributed by atoms with E-state index in [0.717, 1.165) is 12.8 Å². The molecule has 6 heteroatoms. The number of nitrogens with one attached hydrogen (secondary N) is 1. The van der Waals surface area contributed by atoms with Crippen LogP contribution in [-0.4, -0.2) is 37.9 Å². The maximum atomic E-state index is 11.7. The second-order valence-electron chi connectivity index (χ2n) is 3.96. The van der Waals surface area contributed by atoms with Crippen molar-refractivity contribution in [2.45, 2.75) is 38.2 Å². The summed E-state index contributed by atoms with van der Waals surface area (Å²) in [6, 6.07) is 0. The van der Waals surface area contributed by atoms with E-state index in [1.165, 1.54) is 0 Å². The first-order valence-electron chi connectivity index (χ1n) is 5.90. The number of hydrogen-bond donors (Lipinski definition) is 1. The molecule has 1 atom stereocenters. The Morgan fingerprint density at radius 2 is 1.82 bits per heavy atom. The van der Waals surface area contributed by atoms with Crippen LogP contribution >= 0.6 is 11.6 Å². The molecule has 0 aliphatic heterocycles. The van der Waals surface area contributed by atoms with E-state index in [-0.39, 0.29) is 12.0 Å². The Kier molecular flexibility index (Phi) is 9.00. The van der Waals surface area contributed by atoms with Crippen molar-refractivity contribution in [2.75, 3.05) is 26.3 Å². The van der Waals surface area contributed by atoms with E-state index < -0.39 is 12.8 Å². The van der Waals surface area contributed by atoms with Crippen molar-refractivity contribution in [2.24, 2.45) is 5.92 Å². The Hall–Kier alpha value is -0.0000000000000000555. The maximum absolute atomic E-state index is 11.7. The number of alkyl halides is 4. The molecule has 0 aliphatic carbocycles. The highest BCUT2D eigenvalue weighted by atomic mass is 35.5. The molecule has 0 fully saturated rings. The molecule has 0 aromatic heterocycles. The zero-order valence-corrected chi connectivity index (χ0v) is 11.1. The van der Waals surface area contributed by atoms with Gasteiger partial charge in [-0.1, -0.05) is 26.7 Å². The normalized spacial score (nSPS) is 14.3. The molecular formula is C11H21ClF3NO. The fraction of sp³-hybridized carbons (Fsp3) is 1.00. The third-order valence-electron chi connectivity index (χ3n) is 2.59. The van der Waals surface area contributed by atoms with E-state index >= 15 is 0 Å². The molecule has 0 amide bonds. The Labute approximate surface area is 106 Å². The lowest BCUT2D eigenvalue weighted by Crippen LogP contribution is -2.31. The van der Waals surface area contributed by atoms with E-state index in [2.05, 4.69) is 23.9 Å². The van der Waals surface area contributed by atoms with Crippen LogP contribution in [0, 0.1) is 5.92 Å². The van der Waals surface area contributed by atoms with Gasteiger partial charge in [-0.05, 0) is 5.92 Å². The SMILES string of the molecule is CCC(CC)C(Cl)CNCCOCC(F)(F)F. The van der Waals surface area contributed by atoms with Gasteiger partial charge in [0.2, 0.25) is 0 Å². The van der Waals surface area contributed by atoms with Gasteiger partial charge in [0.25, 0.3) is 0 Å². The van der Waals surface area contributed by atoms with Crippen molar-refractivity contribution >= 4 is 11.6 Å². The number of hydrogen-bond acceptors (Lipinski definition) is 2. The first-order valence-corrected chi connectivity index (χ1v) is 6.33. The molecule has 17 heavy (non-hydrogen) atoms. The molecule has 104 valence electrons. The summed E-state index contributed by atoms with van der Waals surface area (Å²) >= 11 is 6.15. The topological polar surface area (TPSA) is 21.3 Å². The van der Waals surface area contributed by atoms with Crippen molar-refractivity contribution in [3.05, 3.63) is 0 Å². The van der Waals surface area contributed by atoms with Gasteiger partial charge in [-0.15, -0.1) is 11.6 Å². The van der Waals surface area contributed by atoms with E-state index in [1.54, 1.807) is 0 Å². The standard InChI is InChI=1S/C11H21ClF3NO/c1-3-9(4-2)10(12)7-16-5-6-17-8-11(13,14)15/h9-10,16H,3-8H2,1-2H3. The molecule has 0 saturated heterocycles. The van der Waals surface area contributed by atoms with Gasteiger partial charge in [0.05, 0.1) is 6.61 Å². The molecule has 0 saturated carbocycles. The van der Waals surface area contributed by atoms with Crippen LogP contribution < -0.4 is 5.32 Å². The quantitative estimate of drug-likeness (QED) is 0.515. The van der Waals surface area contributed by atoms with Crippen LogP contribution in [0.4, 0.5) is 13.2 Å². The fourth-order valence-electron chi connectivity index (χ4n) is 1.54. The van der Waals surface area contributed by atoms with E-state index in [4.69, 9.17) is 11.6 Å². The Balaban J connectivity index is 3.45. The number of ether oxygens (including phenoxy) is 1. The number of rotatable bonds is 9. The van der Waals surface area contributed by atoms with Gasteiger partial charge in [0, 0.05) is 18.5 Å². The summed E-state index contributed by atoms with van der Waals surface area (Å²) in [6.45, 7) is 4.01. The Bertz CT molecular complexity index is 186. The molecule has 0 spiro atoms. The van der Waals surface area contributed by atoms with Gasteiger partial charge in [-0.2, -0.15) is 13.2 Å². The highest BCUT2D eigenvalue weighted by Crippen LogP contribution is 2.17. The van der Waals surface area contributed by atoms with Crippen molar-refractivity contribution in [3.8, 4) is 0 Å². The lowest BCUT2D eigenvalue weighted by molar-refractivity contribution is -0.173. The smallest absolute Gasteiger partial charge is 0.371 e. The maximum Gasteiger partial charge on any atom is 0.411 e. The second-order valence-corrected chi connectivity index (χ2v) is 4.53. The molecule has 0 aromatic rings. The third kappa shape index (κ3) is 9.68. The highest BCUT2D eigenvalue weighted by molar-refractivity contribution is 6.21. The minimum absolute atomic E-state index is 0.0209. The van der Waals surface area contributed by atoms with Crippen molar-refractivity contribution in [1.82, 2.24) is 5.32 Å². The summed E-state index contributed by atoms with van der Waals surface area (Å²) in [5, 5.41) is 3.02. The molecule has 0 heterocycles. The predicted molar refractivity (Wildman–Crippen MR) is 63.5 cm³/mol. The molecule has 1 N–H and O–H groups in total. The van der Waals surface area contributed by atoms with Crippen LogP contribution in [0.5, 0.6) is 0 Å². The van der Waals surface area contributed by atoms with Gasteiger partial charge in [0.1, 0.15) is 6.61 Å². The minimum Gasteiger partial charge on any atom is -0.371 e. The monoisotopic (exact) mass is 275 g/mol. The Morgan fingerprint density at radius 3 is 2.29 bits per heavy atom. The average molecular weight is 276 g/mol. The first-order chi connectivity index (χ1) is 7.90. The summed E-state index contributed by atoms with van der Waals surface area (Å²) in [6.07, 6.45) is -2.22. The number of halogens is 4. The summed E-state index contributed by atoms with van der Waals surface area (Å²) in [5.41, 5.74) is 0. The zero-order chi connectivity index (χ0) is 13.3. The second kappa shape index (κ2) is 9.00. The molecule has 0 bridgehead atoms. The molecule has 0 rings (SSSR count). The van der Waals surface area contributed by atoms with Crippen LogP contribution in [0.3, 0.4) is 0 Å². The van der Waals surface area contributed by atoms with Crippen molar-refractivity contribution < 1.29 is 17.9 Å². The third-order valence-corrected chi connectivity index (χ3v) is 3.10. The van der Waals surface area contributed by atoms with Gasteiger partial charge in [-0.25, -0.2) is 0 Å². The van der Waals surface area contributed by atoms with Crippen molar-refractivity contribution in [1.29, 1.82) is 0 Å². The van der Waals surface area contributed by atoms with Crippen molar-refractivity contribution in [3.63, 3.8) is 0 Å².